The van der Waals surface area contributed by atoms with E-state index in [2.05, 4.69) is 46.6 Å². The molecule has 0 spiro atoms. The van der Waals surface area contributed by atoms with Crippen LogP contribution in [-0.2, 0) is 16.9 Å². The van der Waals surface area contributed by atoms with Crippen molar-refractivity contribution in [2.24, 2.45) is 5.92 Å². The van der Waals surface area contributed by atoms with Gasteiger partial charge in [0.05, 0.1) is 11.1 Å². The molecule has 1 aliphatic rings. The first-order chi connectivity index (χ1) is 12.8. The average Bonchev–Trinajstić information content (AvgIpc) is 2.70. The largest absolute Gasteiger partial charge is 0.381 e. The molecular weight excluding hydrogens is 344 g/mol. The number of aromatic amines is 1. The fraction of sp³-hybridized carbons (Fsp3) is 0.333. The molecule has 2 aromatic carbocycles. The highest BCUT2D eigenvalue weighted by Crippen LogP contribution is 2.28. The molecule has 0 radical (unpaired) electrons. The van der Waals surface area contributed by atoms with E-state index in [9.17, 15) is 4.79 Å². The molecule has 1 saturated heterocycles. The molecule has 26 heavy (non-hydrogen) atoms. The van der Waals surface area contributed by atoms with Gasteiger partial charge in [-0.1, -0.05) is 36.4 Å². The number of benzene rings is 2. The molecule has 0 atom stereocenters. The zero-order valence-corrected chi connectivity index (χ0v) is 15.4. The summed E-state index contributed by atoms with van der Waals surface area (Å²) in [6, 6.07) is 16.5. The summed E-state index contributed by atoms with van der Waals surface area (Å²) in [5.41, 5.74) is 2.16. The molecular formula is C21H22N2O2S. The van der Waals surface area contributed by atoms with Crippen molar-refractivity contribution >= 4 is 22.5 Å². The van der Waals surface area contributed by atoms with Crippen LogP contribution in [0.1, 0.15) is 24.1 Å². The van der Waals surface area contributed by atoms with Gasteiger partial charge in [0.2, 0.25) is 0 Å². The number of nitrogens with one attached hydrogen (secondary N) is 1. The highest BCUT2D eigenvalue weighted by molar-refractivity contribution is 7.98. The number of nitrogens with zero attached hydrogens (tertiary/aromatic N) is 1. The molecule has 4 rings (SSSR count). The molecule has 0 amide bonds. The lowest BCUT2D eigenvalue weighted by atomic mass is 9.93. The summed E-state index contributed by atoms with van der Waals surface area (Å²) in [5, 5.41) is 8.74. The van der Waals surface area contributed by atoms with Gasteiger partial charge in [0.1, 0.15) is 0 Å². The number of ether oxygens (including phenoxy) is 1. The van der Waals surface area contributed by atoms with E-state index in [0.29, 0.717) is 5.92 Å². The Morgan fingerprint density at radius 2 is 1.88 bits per heavy atom. The fourth-order valence-electron chi connectivity index (χ4n) is 3.41. The Hall–Kier alpha value is -2.11. The number of hydrogen-bond donors (Lipinski definition) is 1. The van der Waals surface area contributed by atoms with Gasteiger partial charge < -0.3 is 4.74 Å². The van der Waals surface area contributed by atoms with Gasteiger partial charge in [-0.3, -0.25) is 4.79 Å². The van der Waals surface area contributed by atoms with Gasteiger partial charge in [0.15, 0.2) is 0 Å². The van der Waals surface area contributed by atoms with Crippen molar-refractivity contribution in [3.05, 3.63) is 70.1 Å². The van der Waals surface area contributed by atoms with Crippen molar-refractivity contribution in [2.75, 3.05) is 13.2 Å². The Morgan fingerprint density at radius 1 is 1.08 bits per heavy atom. The molecule has 0 aliphatic carbocycles. The van der Waals surface area contributed by atoms with E-state index in [0.717, 1.165) is 59.6 Å². The molecule has 1 aromatic heterocycles. The second-order valence-corrected chi connectivity index (χ2v) is 7.79. The molecule has 1 N–H and O–H groups in total. The van der Waals surface area contributed by atoms with Crippen LogP contribution in [0.15, 0.2) is 58.2 Å². The third-order valence-electron chi connectivity index (χ3n) is 4.91. The second-order valence-electron chi connectivity index (χ2n) is 6.74. The van der Waals surface area contributed by atoms with Gasteiger partial charge in [-0.15, -0.1) is 11.8 Å². The highest BCUT2D eigenvalue weighted by atomic mass is 32.2. The molecule has 0 unspecified atom stereocenters. The Kier molecular flexibility index (Phi) is 5.37. The number of hydrogen-bond acceptors (Lipinski definition) is 4. The smallest absolute Gasteiger partial charge is 0.272 e. The van der Waals surface area contributed by atoms with Gasteiger partial charge >= 0.3 is 0 Å². The number of H-pyrrole nitrogens is 1. The molecule has 5 heteroatoms. The number of thioether (sulfide) groups is 1. The minimum absolute atomic E-state index is 0.113. The van der Waals surface area contributed by atoms with Crippen LogP contribution in [0.5, 0.6) is 0 Å². The zero-order chi connectivity index (χ0) is 17.8. The van der Waals surface area contributed by atoms with Crippen molar-refractivity contribution in [2.45, 2.75) is 29.9 Å². The summed E-state index contributed by atoms with van der Waals surface area (Å²) in [6.07, 6.45) is 3.02. The third-order valence-corrected chi connectivity index (χ3v) is 5.98. The van der Waals surface area contributed by atoms with Crippen LogP contribution in [-0.4, -0.2) is 23.4 Å². The Bertz CT molecular complexity index is 934. The van der Waals surface area contributed by atoms with Gasteiger partial charge in [0.25, 0.3) is 5.56 Å². The molecule has 4 nitrogen and oxygen atoms in total. The van der Waals surface area contributed by atoms with Gasteiger partial charge in [-0.25, -0.2) is 5.10 Å². The predicted octanol–water partition coefficient (Wildman–Crippen LogP) is 4.18. The van der Waals surface area contributed by atoms with E-state index in [-0.39, 0.29) is 5.56 Å². The van der Waals surface area contributed by atoms with Crippen molar-refractivity contribution < 1.29 is 4.74 Å². The average molecular weight is 366 g/mol. The topological polar surface area (TPSA) is 55.0 Å². The lowest BCUT2D eigenvalue weighted by Crippen LogP contribution is -2.19. The summed E-state index contributed by atoms with van der Waals surface area (Å²) in [6.45, 7) is 1.65. The van der Waals surface area contributed by atoms with E-state index in [1.807, 2.05) is 12.1 Å². The van der Waals surface area contributed by atoms with Crippen LogP contribution in [0.4, 0.5) is 0 Å². The van der Waals surface area contributed by atoms with Crippen LogP contribution < -0.4 is 5.56 Å². The molecule has 0 saturated carbocycles. The van der Waals surface area contributed by atoms with E-state index < -0.39 is 0 Å². The summed E-state index contributed by atoms with van der Waals surface area (Å²) >= 11 is 1.75. The number of rotatable bonds is 5. The lowest BCUT2D eigenvalue weighted by Gasteiger charge is -2.21. The molecule has 134 valence electrons. The van der Waals surface area contributed by atoms with Gasteiger partial charge in [-0.2, -0.15) is 5.10 Å². The van der Waals surface area contributed by atoms with Crippen LogP contribution in [0.2, 0.25) is 0 Å². The quantitative estimate of drug-likeness (QED) is 0.688. The van der Waals surface area contributed by atoms with Crippen molar-refractivity contribution in [3.63, 3.8) is 0 Å². The molecule has 2 heterocycles. The molecule has 1 fully saturated rings. The standard InChI is InChI=1S/C21H22N2O2S/c24-21-19-13-17(26-14-16-4-2-1-3-5-16)6-7-18(19)20(22-23-21)12-15-8-10-25-11-9-15/h1-7,13,15H,8-12,14H2,(H,23,24). The summed E-state index contributed by atoms with van der Waals surface area (Å²) < 4.78 is 5.44. The Morgan fingerprint density at radius 3 is 2.69 bits per heavy atom. The normalized spacial score (nSPS) is 15.4. The maximum atomic E-state index is 12.3. The molecule has 0 bridgehead atoms. The van der Waals surface area contributed by atoms with E-state index >= 15 is 0 Å². The zero-order valence-electron chi connectivity index (χ0n) is 14.6. The monoisotopic (exact) mass is 366 g/mol. The summed E-state index contributed by atoms with van der Waals surface area (Å²) in [7, 11) is 0. The first-order valence-electron chi connectivity index (χ1n) is 9.05. The van der Waals surface area contributed by atoms with Crippen molar-refractivity contribution in [1.82, 2.24) is 10.2 Å². The third kappa shape index (κ3) is 4.00. The number of fused-ring (bicyclic) bond motifs is 1. The van der Waals surface area contributed by atoms with Gasteiger partial charge in [-0.05, 0) is 42.9 Å². The van der Waals surface area contributed by atoms with Crippen molar-refractivity contribution in [3.8, 4) is 0 Å². The first kappa shape index (κ1) is 17.3. The molecule has 3 aromatic rings. The van der Waals surface area contributed by atoms with Crippen LogP contribution >= 0.6 is 11.8 Å². The van der Waals surface area contributed by atoms with Crippen molar-refractivity contribution in [1.29, 1.82) is 0 Å². The molecule has 1 aliphatic heterocycles. The first-order valence-corrected chi connectivity index (χ1v) is 10.0. The summed E-state index contributed by atoms with van der Waals surface area (Å²) in [5.74, 6) is 1.47. The SMILES string of the molecule is O=c1[nH]nc(CC2CCOCC2)c2ccc(SCc3ccccc3)cc12. The fourth-order valence-corrected chi connectivity index (χ4v) is 4.30. The van der Waals surface area contributed by atoms with E-state index in [1.165, 1.54) is 5.56 Å². The Balaban J connectivity index is 1.57. The van der Waals surface area contributed by atoms with Crippen LogP contribution in [0.25, 0.3) is 10.8 Å². The lowest BCUT2D eigenvalue weighted by molar-refractivity contribution is 0.0663. The van der Waals surface area contributed by atoms with E-state index in [4.69, 9.17) is 4.74 Å². The maximum Gasteiger partial charge on any atom is 0.272 e. The Labute approximate surface area is 157 Å². The summed E-state index contributed by atoms with van der Waals surface area (Å²) in [4.78, 5) is 13.4. The van der Waals surface area contributed by atoms with E-state index in [1.54, 1.807) is 11.8 Å². The van der Waals surface area contributed by atoms with Gasteiger partial charge in [0, 0.05) is 29.2 Å². The maximum absolute atomic E-state index is 12.3. The predicted molar refractivity (Wildman–Crippen MR) is 106 cm³/mol. The number of aromatic nitrogens is 2. The highest BCUT2D eigenvalue weighted by Gasteiger charge is 2.17. The minimum Gasteiger partial charge on any atom is -0.381 e. The minimum atomic E-state index is -0.113. The van der Waals surface area contributed by atoms with Crippen LogP contribution in [0, 0.1) is 5.92 Å². The van der Waals surface area contributed by atoms with Crippen LogP contribution in [0.3, 0.4) is 0 Å². The second kappa shape index (κ2) is 8.06.